The SMILES string of the molecule is C=CCn1c(=O)c2ccccc2n2c(SCc3cc(C)c(C(=O)OC)o3)nnc12. The van der Waals surface area contributed by atoms with Gasteiger partial charge < -0.3 is 9.15 Å². The van der Waals surface area contributed by atoms with Crippen molar-refractivity contribution in [2.75, 3.05) is 7.11 Å². The Hall–Kier alpha value is -3.33. The number of methoxy groups -OCH3 is 1. The number of thioether (sulfide) groups is 1. The molecule has 0 aliphatic carbocycles. The molecule has 0 bridgehead atoms. The summed E-state index contributed by atoms with van der Waals surface area (Å²) in [6.07, 6.45) is 1.65. The summed E-state index contributed by atoms with van der Waals surface area (Å²) in [6, 6.07) is 9.14. The molecule has 0 amide bonds. The molecule has 9 heteroatoms. The fourth-order valence-electron chi connectivity index (χ4n) is 3.17. The van der Waals surface area contributed by atoms with Gasteiger partial charge in [-0.15, -0.1) is 16.8 Å². The van der Waals surface area contributed by atoms with E-state index < -0.39 is 5.97 Å². The highest BCUT2D eigenvalue weighted by atomic mass is 32.2. The van der Waals surface area contributed by atoms with Gasteiger partial charge in [0.15, 0.2) is 5.16 Å². The van der Waals surface area contributed by atoms with Crippen LogP contribution in [-0.4, -0.2) is 32.2 Å². The van der Waals surface area contributed by atoms with Crippen molar-refractivity contribution in [1.82, 2.24) is 19.2 Å². The second-order valence-corrected chi connectivity index (χ2v) is 7.29. The first-order valence-electron chi connectivity index (χ1n) is 8.83. The smallest absolute Gasteiger partial charge is 0.374 e. The Kier molecular flexibility index (Phi) is 4.98. The van der Waals surface area contributed by atoms with E-state index in [0.29, 0.717) is 39.9 Å². The Balaban J connectivity index is 1.77. The maximum atomic E-state index is 12.8. The summed E-state index contributed by atoms with van der Waals surface area (Å²) in [7, 11) is 1.31. The van der Waals surface area contributed by atoms with Crippen LogP contribution < -0.4 is 5.56 Å². The van der Waals surface area contributed by atoms with Crippen LogP contribution in [0.25, 0.3) is 16.7 Å². The van der Waals surface area contributed by atoms with Gasteiger partial charge in [0, 0.05) is 12.1 Å². The zero-order chi connectivity index (χ0) is 20.5. The minimum atomic E-state index is -0.508. The number of benzene rings is 1. The van der Waals surface area contributed by atoms with Crippen molar-refractivity contribution < 1.29 is 13.9 Å². The van der Waals surface area contributed by atoms with Crippen LogP contribution in [-0.2, 0) is 17.0 Å². The van der Waals surface area contributed by atoms with E-state index in [-0.39, 0.29) is 11.3 Å². The van der Waals surface area contributed by atoms with Gasteiger partial charge in [0.25, 0.3) is 5.56 Å². The molecule has 8 nitrogen and oxygen atoms in total. The molecule has 0 aliphatic rings. The van der Waals surface area contributed by atoms with Gasteiger partial charge >= 0.3 is 5.97 Å². The number of ether oxygens (including phenoxy) is 1. The first-order chi connectivity index (χ1) is 14.0. The first kappa shape index (κ1) is 19.0. The van der Waals surface area contributed by atoms with E-state index in [1.165, 1.54) is 18.9 Å². The van der Waals surface area contributed by atoms with Crippen LogP contribution in [0.5, 0.6) is 0 Å². The normalized spacial score (nSPS) is 11.2. The van der Waals surface area contributed by atoms with Crippen LogP contribution >= 0.6 is 11.8 Å². The van der Waals surface area contributed by atoms with Crippen molar-refractivity contribution in [3.05, 3.63) is 70.4 Å². The minimum absolute atomic E-state index is 0.138. The third-order valence-corrected chi connectivity index (χ3v) is 5.42. The highest BCUT2D eigenvalue weighted by molar-refractivity contribution is 7.98. The fraction of sp³-hybridized carbons (Fsp3) is 0.200. The molecule has 3 aromatic heterocycles. The Morgan fingerprint density at radius 1 is 1.34 bits per heavy atom. The zero-order valence-corrected chi connectivity index (χ0v) is 16.7. The molecule has 0 fully saturated rings. The molecule has 4 rings (SSSR count). The van der Waals surface area contributed by atoms with E-state index in [4.69, 9.17) is 9.15 Å². The molecule has 29 heavy (non-hydrogen) atoms. The molecule has 1 aromatic carbocycles. The molecule has 0 unspecified atom stereocenters. The molecule has 0 saturated carbocycles. The molecule has 0 N–H and O–H groups in total. The Morgan fingerprint density at radius 2 is 2.14 bits per heavy atom. The van der Waals surface area contributed by atoms with Crippen molar-refractivity contribution in [1.29, 1.82) is 0 Å². The second kappa shape index (κ2) is 7.59. The van der Waals surface area contributed by atoms with Gasteiger partial charge in [-0.1, -0.05) is 30.0 Å². The monoisotopic (exact) mass is 410 g/mol. The highest BCUT2D eigenvalue weighted by Gasteiger charge is 2.19. The van der Waals surface area contributed by atoms with Crippen molar-refractivity contribution >= 4 is 34.4 Å². The van der Waals surface area contributed by atoms with Crippen molar-refractivity contribution in [3.8, 4) is 0 Å². The molecular weight excluding hydrogens is 392 g/mol. The average Bonchev–Trinajstić information content (AvgIpc) is 3.32. The van der Waals surface area contributed by atoms with Crippen LogP contribution in [0, 0.1) is 6.92 Å². The molecule has 148 valence electrons. The summed E-state index contributed by atoms with van der Waals surface area (Å²) >= 11 is 1.40. The van der Waals surface area contributed by atoms with E-state index in [9.17, 15) is 9.59 Å². The number of carbonyl (C=O) groups excluding carboxylic acids is 1. The number of allylic oxidation sites excluding steroid dienone is 1. The topological polar surface area (TPSA) is 91.6 Å². The lowest BCUT2D eigenvalue weighted by Gasteiger charge is -2.09. The number of esters is 1. The predicted octanol–water partition coefficient (Wildman–Crippen LogP) is 3.21. The van der Waals surface area contributed by atoms with Crippen molar-refractivity contribution in [2.24, 2.45) is 0 Å². The minimum Gasteiger partial charge on any atom is -0.463 e. The second-order valence-electron chi connectivity index (χ2n) is 6.34. The van der Waals surface area contributed by atoms with E-state index in [2.05, 4.69) is 16.8 Å². The van der Waals surface area contributed by atoms with Crippen LogP contribution in [0.3, 0.4) is 0 Å². The van der Waals surface area contributed by atoms with Crippen molar-refractivity contribution in [2.45, 2.75) is 24.4 Å². The quantitative estimate of drug-likeness (QED) is 0.274. The third kappa shape index (κ3) is 3.23. The maximum Gasteiger partial charge on any atom is 0.374 e. The van der Waals surface area contributed by atoms with Gasteiger partial charge in [0.2, 0.25) is 11.5 Å². The number of hydrogen-bond acceptors (Lipinski definition) is 7. The lowest BCUT2D eigenvalue weighted by molar-refractivity contribution is 0.0562. The summed E-state index contributed by atoms with van der Waals surface area (Å²) in [5.74, 6) is 1.19. The molecule has 0 saturated heterocycles. The number of furan rings is 1. The van der Waals surface area contributed by atoms with Gasteiger partial charge in [-0.25, -0.2) is 4.79 Å². The predicted molar refractivity (Wildman–Crippen MR) is 109 cm³/mol. The van der Waals surface area contributed by atoms with Crippen LogP contribution in [0.2, 0.25) is 0 Å². The van der Waals surface area contributed by atoms with E-state index in [0.717, 1.165) is 5.52 Å². The van der Waals surface area contributed by atoms with E-state index in [1.54, 1.807) is 29.7 Å². The zero-order valence-electron chi connectivity index (χ0n) is 15.9. The summed E-state index contributed by atoms with van der Waals surface area (Å²) in [5.41, 5.74) is 1.30. The third-order valence-electron chi connectivity index (χ3n) is 4.47. The molecular formula is C20H18N4O4S. The van der Waals surface area contributed by atoms with Crippen LogP contribution in [0.1, 0.15) is 21.9 Å². The summed E-state index contributed by atoms with van der Waals surface area (Å²) in [6.45, 7) is 5.84. The van der Waals surface area contributed by atoms with E-state index in [1.807, 2.05) is 22.6 Å². The summed E-state index contributed by atoms with van der Waals surface area (Å²) in [5, 5.41) is 9.69. The highest BCUT2D eigenvalue weighted by Crippen LogP contribution is 2.26. The van der Waals surface area contributed by atoms with Gasteiger partial charge in [0.1, 0.15) is 5.76 Å². The number of fused-ring (bicyclic) bond motifs is 3. The summed E-state index contributed by atoms with van der Waals surface area (Å²) < 4.78 is 13.7. The summed E-state index contributed by atoms with van der Waals surface area (Å²) in [4.78, 5) is 24.6. The number of hydrogen-bond donors (Lipinski definition) is 0. The molecule has 0 atom stereocenters. The van der Waals surface area contributed by atoms with Gasteiger partial charge in [-0.05, 0) is 25.1 Å². The molecule has 0 spiro atoms. The molecule has 0 aliphatic heterocycles. The lowest BCUT2D eigenvalue weighted by atomic mass is 10.2. The first-order valence-corrected chi connectivity index (χ1v) is 9.81. The van der Waals surface area contributed by atoms with Crippen molar-refractivity contribution in [3.63, 3.8) is 0 Å². The number of rotatable bonds is 6. The largest absolute Gasteiger partial charge is 0.463 e. The Morgan fingerprint density at radius 3 is 2.90 bits per heavy atom. The van der Waals surface area contributed by atoms with Crippen LogP contribution in [0.15, 0.2) is 57.4 Å². The lowest BCUT2D eigenvalue weighted by Crippen LogP contribution is -2.22. The number of carbonyl (C=O) groups is 1. The number of aryl methyl sites for hydroxylation is 1. The number of para-hydroxylation sites is 1. The van der Waals surface area contributed by atoms with Crippen LogP contribution in [0.4, 0.5) is 0 Å². The van der Waals surface area contributed by atoms with Gasteiger partial charge in [0.05, 0.1) is 23.8 Å². The number of nitrogens with zero attached hydrogens (tertiary/aromatic N) is 4. The van der Waals surface area contributed by atoms with E-state index >= 15 is 0 Å². The Labute approximate surface area is 169 Å². The average molecular weight is 410 g/mol. The van der Waals surface area contributed by atoms with Gasteiger partial charge in [-0.3, -0.25) is 13.8 Å². The Bertz CT molecular complexity index is 1300. The molecule has 0 radical (unpaired) electrons. The standard InChI is InChI=1S/C20H18N4O4S/c1-4-9-23-17(25)14-7-5-6-8-15(14)24-19(23)21-22-20(24)29-11-13-10-12(2)16(28-13)18(26)27-3/h4-8,10H,1,9,11H2,2-3H3. The van der Waals surface area contributed by atoms with Gasteiger partial charge in [-0.2, -0.15) is 0 Å². The maximum absolute atomic E-state index is 12.8. The molecule has 4 aromatic rings. The fourth-order valence-corrected chi connectivity index (χ4v) is 3.99. The number of aromatic nitrogens is 4. The molecule has 3 heterocycles.